The van der Waals surface area contributed by atoms with E-state index in [1.807, 2.05) is 0 Å². The number of hydrogen-bond donors (Lipinski definition) is 3. The first kappa shape index (κ1) is 13.9. The molecule has 0 radical (unpaired) electrons. The van der Waals surface area contributed by atoms with Gasteiger partial charge in [0.1, 0.15) is 5.75 Å². The van der Waals surface area contributed by atoms with E-state index < -0.39 is 0 Å². The van der Waals surface area contributed by atoms with E-state index in [-0.39, 0.29) is 11.7 Å². The quantitative estimate of drug-likeness (QED) is 0.776. The number of para-hydroxylation sites is 1. The number of aromatic hydroxyl groups is 1. The molecule has 0 bridgehead atoms. The Bertz CT molecular complexity index is 459. The molecule has 2 atom stereocenters. The predicted molar refractivity (Wildman–Crippen MR) is 75.3 cm³/mol. The van der Waals surface area contributed by atoms with Gasteiger partial charge in [-0.25, -0.2) is 0 Å². The number of phenols is 1. The molecule has 1 aromatic carbocycles. The second kappa shape index (κ2) is 6.06. The van der Waals surface area contributed by atoms with Crippen LogP contribution < -0.4 is 10.6 Å². The van der Waals surface area contributed by atoms with Gasteiger partial charge in [-0.05, 0) is 49.9 Å². The van der Waals surface area contributed by atoms with Crippen LogP contribution in [0, 0.1) is 18.8 Å². The van der Waals surface area contributed by atoms with Gasteiger partial charge < -0.3 is 15.7 Å². The van der Waals surface area contributed by atoms with Crippen LogP contribution in [0.3, 0.4) is 0 Å². The summed E-state index contributed by atoms with van der Waals surface area (Å²) in [6, 6.07) is 5.24. The molecule has 0 spiro atoms. The molecule has 4 heteroatoms. The Kier molecular flexibility index (Phi) is 4.43. The molecule has 1 aliphatic heterocycles. The van der Waals surface area contributed by atoms with Gasteiger partial charge in [-0.15, -0.1) is 0 Å². The van der Waals surface area contributed by atoms with Crippen molar-refractivity contribution in [3.05, 3.63) is 29.3 Å². The number of carbonyl (C=O) groups is 1. The summed E-state index contributed by atoms with van der Waals surface area (Å²) >= 11 is 0. The lowest BCUT2D eigenvalue weighted by atomic mass is 9.88. The number of phenolic OH excluding ortho intramolecular Hbond substituents is 1. The molecule has 0 aliphatic carbocycles. The molecular formula is C15H22N2O2. The number of aryl methyl sites for hydroxylation is 1. The van der Waals surface area contributed by atoms with Crippen LogP contribution in [-0.4, -0.2) is 30.6 Å². The lowest BCUT2D eigenvalue weighted by molar-refractivity contribution is 0.0935. The topological polar surface area (TPSA) is 61.4 Å². The fourth-order valence-corrected chi connectivity index (χ4v) is 2.53. The highest BCUT2D eigenvalue weighted by Crippen LogP contribution is 2.22. The van der Waals surface area contributed by atoms with Gasteiger partial charge in [0, 0.05) is 6.54 Å². The van der Waals surface area contributed by atoms with Crippen molar-refractivity contribution in [2.45, 2.75) is 20.3 Å². The van der Waals surface area contributed by atoms with Crippen molar-refractivity contribution >= 4 is 5.91 Å². The summed E-state index contributed by atoms with van der Waals surface area (Å²) in [5, 5.41) is 16.2. The molecule has 1 amide bonds. The summed E-state index contributed by atoms with van der Waals surface area (Å²) in [6.07, 6.45) is 1.08. The van der Waals surface area contributed by atoms with Crippen LogP contribution in [0.15, 0.2) is 18.2 Å². The highest BCUT2D eigenvalue weighted by Gasteiger charge is 2.22. The maximum absolute atomic E-state index is 12.1. The Morgan fingerprint density at radius 2 is 2.32 bits per heavy atom. The van der Waals surface area contributed by atoms with Crippen molar-refractivity contribution in [2.24, 2.45) is 11.8 Å². The van der Waals surface area contributed by atoms with Crippen LogP contribution in [0.25, 0.3) is 0 Å². The monoisotopic (exact) mass is 262 g/mol. The SMILES string of the molecule is Cc1cccc(C(=O)NCC2CCNCC2C)c1O. The van der Waals surface area contributed by atoms with Gasteiger partial charge in [0.15, 0.2) is 0 Å². The minimum Gasteiger partial charge on any atom is -0.507 e. The number of carbonyl (C=O) groups excluding carboxylic acids is 1. The third-order valence-corrected chi connectivity index (χ3v) is 3.97. The van der Waals surface area contributed by atoms with E-state index >= 15 is 0 Å². The molecule has 1 fully saturated rings. The van der Waals surface area contributed by atoms with Crippen molar-refractivity contribution in [1.82, 2.24) is 10.6 Å². The van der Waals surface area contributed by atoms with Crippen LogP contribution in [0.2, 0.25) is 0 Å². The van der Waals surface area contributed by atoms with Crippen LogP contribution in [0.4, 0.5) is 0 Å². The van der Waals surface area contributed by atoms with Gasteiger partial charge in [0.05, 0.1) is 5.56 Å². The van der Waals surface area contributed by atoms with Crippen LogP contribution >= 0.6 is 0 Å². The molecule has 2 rings (SSSR count). The Morgan fingerprint density at radius 3 is 3.05 bits per heavy atom. The predicted octanol–water partition coefficient (Wildman–Crippen LogP) is 1.68. The first-order valence-electron chi connectivity index (χ1n) is 6.87. The normalized spacial score (nSPS) is 23.1. The minimum atomic E-state index is -0.188. The summed E-state index contributed by atoms with van der Waals surface area (Å²) in [5.41, 5.74) is 1.09. The lowest BCUT2D eigenvalue weighted by Gasteiger charge is -2.29. The van der Waals surface area contributed by atoms with Crippen molar-refractivity contribution in [3.8, 4) is 5.75 Å². The first-order valence-corrected chi connectivity index (χ1v) is 6.87. The zero-order valence-corrected chi connectivity index (χ0v) is 11.6. The number of hydrogen-bond acceptors (Lipinski definition) is 3. The fourth-order valence-electron chi connectivity index (χ4n) is 2.53. The second-order valence-electron chi connectivity index (χ2n) is 5.41. The van der Waals surface area contributed by atoms with E-state index in [9.17, 15) is 9.90 Å². The Hall–Kier alpha value is -1.55. The maximum Gasteiger partial charge on any atom is 0.255 e. The summed E-state index contributed by atoms with van der Waals surface area (Å²) in [6.45, 7) is 6.69. The molecule has 104 valence electrons. The van der Waals surface area contributed by atoms with Crippen molar-refractivity contribution in [2.75, 3.05) is 19.6 Å². The van der Waals surface area contributed by atoms with Gasteiger partial charge in [-0.2, -0.15) is 0 Å². The zero-order chi connectivity index (χ0) is 13.8. The van der Waals surface area contributed by atoms with Crippen LogP contribution in [-0.2, 0) is 0 Å². The molecule has 1 saturated heterocycles. The van der Waals surface area contributed by atoms with Gasteiger partial charge in [-0.1, -0.05) is 19.1 Å². The number of piperidine rings is 1. The average molecular weight is 262 g/mol. The van der Waals surface area contributed by atoms with Gasteiger partial charge in [0.25, 0.3) is 5.91 Å². The lowest BCUT2D eigenvalue weighted by Crippen LogP contribution is -2.41. The van der Waals surface area contributed by atoms with Crippen molar-refractivity contribution in [3.63, 3.8) is 0 Å². The first-order chi connectivity index (χ1) is 9.09. The average Bonchev–Trinajstić information content (AvgIpc) is 2.40. The molecule has 1 aliphatic rings. The summed E-state index contributed by atoms with van der Waals surface area (Å²) in [4.78, 5) is 12.1. The van der Waals surface area contributed by atoms with Gasteiger partial charge >= 0.3 is 0 Å². The zero-order valence-electron chi connectivity index (χ0n) is 11.6. The largest absolute Gasteiger partial charge is 0.507 e. The van der Waals surface area contributed by atoms with E-state index in [2.05, 4.69) is 17.6 Å². The number of rotatable bonds is 3. The smallest absolute Gasteiger partial charge is 0.255 e. The molecule has 3 N–H and O–H groups in total. The Labute approximate surface area is 114 Å². The van der Waals surface area contributed by atoms with E-state index in [0.717, 1.165) is 25.1 Å². The standard InChI is InChI=1S/C15H22N2O2/c1-10-4-3-5-13(14(10)18)15(19)17-9-12-6-7-16-8-11(12)2/h3-5,11-12,16,18H,6-9H2,1-2H3,(H,17,19). The molecule has 0 aromatic heterocycles. The summed E-state index contributed by atoms with van der Waals surface area (Å²) < 4.78 is 0. The number of amides is 1. The summed E-state index contributed by atoms with van der Waals surface area (Å²) in [5.74, 6) is 0.975. The third kappa shape index (κ3) is 3.26. The molecule has 1 aromatic rings. The number of benzene rings is 1. The van der Waals surface area contributed by atoms with Crippen LogP contribution in [0.1, 0.15) is 29.3 Å². The van der Waals surface area contributed by atoms with Gasteiger partial charge in [0.2, 0.25) is 0 Å². The molecular weight excluding hydrogens is 240 g/mol. The van der Waals surface area contributed by atoms with Crippen LogP contribution in [0.5, 0.6) is 5.75 Å². The van der Waals surface area contributed by atoms with E-state index in [0.29, 0.717) is 23.9 Å². The van der Waals surface area contributed by atoms with Crippen molar-refractivity contribution < 1.29 is 9.90 Å². The molecule has 4 nitrogen and oxygen atoms in total. The fraction of sp³-hybridized carbons (Fsp3) is 0.533. The highest BCUT2D eigenvalue weighted by molar-refractivity contribution is 5.97. The third-order valence-electron chi connectivity index (χ3n) is 3.97. The second-order valence-corrected chi connectivity index (χ2v) is 5.41. The van der Waals surface area contributed by atoms with E-state index in [1.165, 1.54) is 0 Å². The molecule has 1 heterocycles. The van der Waals surface area contributed by atoms with Crippen molar-refractivity contribution in [1.29, 1.82) is 0 Å². The molecule has 0 saturated carbocycles. The molecule has 2 unspecified atom stereocenters. The Balaban J connectivity index is 1.95. The maximum atomic E-state index is 12.1. The summed E-state index contributed by atoms with van der Waals surface area (Å²) in [7, 11) is 0. The highest BCUT2D eigenvalue weighted by atomic mass is 16.3. The number of nitrogens with one attached hydrogen (secondary N) is 2. The minimum absolute atomic E-state index is 0.0818. The van der Waals surface area contributed by atoms with E-state index in [1.54, 1.807) is 25.1 Å². The van der Waals surface area contributed by atoms with E-state index in [4.69, 9.17) is 0 Å². The Morgan fingerprint density at radius 1 is 1.53 bits per heavy atom. The molecule has 19 heavy (non-hydrogen) atoms. The van der Waals surface area contributed by atoms with Gasteiger partial charge in [-0.3, -0.25) is 4.79 Å².